The number of amides is 1. The number of hydrogen-bond acceptors (Lipinski definition) is 6. The smallest absolute Gasteiger partial charge is 0.266 e. The molecule has 1 saturated carbocycles. The van der Waals surface area contributed by atoms with Gasteiger partial charge in [0, 0.05) is 11.9 Å². The van der Waals surface area contributed by atoms with Crippen LogP contribution in [-0.2, 0) is 0 Å². The Labute approximate surface area is 237 Å². The first-order valence-corrected chi connectivity index (χ1v) is 14.1. The summed E-state index contributed by atoms with van der Waals surface area (Å²) in [5.74, 6) is 0.581. The second kappa shape index (κ2) is 11.0. The molecule has 0 radical (unpaired) electrons. The van der Waals surface area contributed by atoms with Gasteiger partial charge in [0.2, 0.25) is 0 Å². The van der Waals surface area contributed by atoms with Crippen molar-refractivity contribution in [1.29, 1.82) is 0 Å². The van der Waals surface area contributed by atoms with E-state index >= 15 is 0 Å². The second-order valence-corrected chi connectivity index (χ2v) is 10.7. The van der Waals surface area contributed by atoms with Crippen LogP contribution < -0.4 is 16.6 Å². The van der Waals surface area contributed by atoms with Crippen LogP contribution in [0.5, 0.6) is 0 Å². The number of anilines is 1. The van der Waals surface area contributed by atoms with Crippen LogP contribution in [0.1, 0.15) is 72.5 Å². The molecule has 1 amide bonds. The number of fused-ring (bicyclic) bond motifs is 2. The molecule has 208 valence electrons. The number of carbonyl (C=O) groups is 1. The lowest BCUT2D eigenvalue weighted by atomic mass is 9.88. The third-order valence-electron chi connectivity index (χ3n) is 7.86. The van der Waals surface area contributed by atoms with Gasteiger partial charge in [0.1, 0.15) is 11.4 Å². The van der Waals surface area contributed by atoms with Crippen molar-refractivity contribution >= 4 is 34.4 Å². The Morgan fingerprint density at radius 1 is 1.07 bits per heavy atom. The first kappa shape index (κ1) is 26.4. The maximum atomic E-state index is 14.2. The van der Waals surface area contributed by atoms with E-state index in [2.05, 4.69) is 27.6 Å². The Kier molecular flexibility index (Phi) is 7.09. The Morgan fingerprint density at radius 3 is 2.63 bits per heavy atom. The number of nitrogens with one attached hydrogen (secondary N) is 1. The van der Waals surface area contributed by atoms with Crippen LogP contribution in [0.15, 0.2) is 71.7 Å². The number of nitrogens with two attached hydrogens (primary N) is 1. The number of aromatic nitrogens is 5. The highest BCUT2D eigenvalue weighted by atomic mass is 16.2. The highest BCUT2D eigenvalue weighted by Crippen LogP contribution is 2.27. The van der Waals surface area contributed by atoms with E-state index in [9.17, 15) is 9.59 Å². The summed E-state index contributed by atoms with van der Waals surface area (Å²) < 4.78 is 3.14. The van der Waals surface area contributed by atoms with Crippen molar-refractivity contribution in [3.05, 3.63) is 99.9 Å². The molecule has 1 atom stereocenters. The Bertz CT molecular complexity index is 1830. The predicted molar refractivity (Wildman–Crippen MR) is 161 cm³/mol. The Balaban J connectivity index is 1.43. The summed E-state index contributed by atoms with van der Waals surface area (Å²) in [5.41, 5.74) is 9.41. The van der Waals surface area contributed by atoms with Gasteiger partial charge in [-0.05, 0) is 62.4 Å². The molecule has 41 heavy (non-hydrogen) atoms. The molecular weight excluding hydrogens is 514 g/mol. The van der Waals surface area contributed by atoms with Gasteiger partial charge < -0.3 is 11.1 Å². The minimum absolute atomic E-state index is 0.0813. The van der Waals surface area contributed by atoms with E-state index in [1.807, 2.05) is 55.5 Å². The molecule has 1 aliphatic rings. The predicted octanol–water partition coefficient (Wildman–Crippen LogP) is 5.40. The van der Waals surface area contributed by atoms with Crippen molar-refractivity contribution in [3.8, 4) is 5.69 Å². The number of aryl methyl sites for hydroxylation is 1. The number of para-hydroxylation sites is 1. The maximum absolute atomic E-state index is 14.2. The standard InChI is InChI=1S/C32H33N7O2/c1-20-18-19-34-30-27(28(33)37-39(20)30)31(40)35-21(2)29-36-25-15-9-12-23(17-16-22-10-5-3-6-11-22)26(25)32(41)38(29)24-13-7-4-8-14-24/h4,7-9,12-19,21-22H,3,5-6,10-11H2,1-2H3,(H2,33,37)(H,35,40). The lowest BCUT2D eigenvalue weighted by Crippen LogP contribution is -2.33. The van der Waals surface area contributed by atoms with Crippen LogP contribution in [-0.4, -0.2) is 30.1 Å². The van der Waals surface area contributed by atoms with E-state index in [4.69, 9.17) is 10.7 Å². The number of benzene rings is 2. The van der Waals surface area contributed by atoms with Crippen molar-refractivity contribution in [2.24, 2.45) is 5.92 Å². The van der Waals surface area contributed by atoms with Crippen LogP contribution in [0.4, 0.5) is 5.82 Å². The third-order valence-corrected chi connectivity index (χ3v) is 7.86. The summed E-state index contributed by atoms with van der Waals surface area (Å²) in [5, 5.41) is 7.83. The molecule has 3 heterocycles. The molecule has 1 unspecified atom stereocenters. The van der Waals surface area contributed by atoms with E-state index in [-0.39, 0.29) is 16.9 Å². The quantitative estimate of drug-likeness (QED) is 0.294. The van der Waals surface area contributed by atoms with Gasteiger partial charge in [-0.15, -0.1) is 5.10 Å². The van der Waals surface area contributed by atoms with Crippen LogP contribution in [0.25, 0.3) is 28.3 Å². The average molecular weight is 548 g/mol. The Hall–Kier alpha value is -4.79. The minimum atomic E-state index is -0.639. The summed E-state index contributed by atoms with van der Waals surface area (Å²) in [4.78, 5) is 37.0. The molecular formula is C32H33N7O2. The summed E-state index contributed by atoms with van der Waals surface area (Å²) in [6.07, 6.45) is 12.1. The van der Waals surface area contributed by atoms with Gasteiger partial charge in [-0.2, -0.15) is 0 Å². The van der Waals surface area contributed by atoms with E-state index in [0.717, 1.165) is 11.3 Å². The van der Waals surface area contributed by atoms with Crippen molar-refractivity contribution in [3.63, 3.8) is 0 Å². The molecule has 6 rings (SSSR count). The fourth-order valence-electron chi connectivity index (χ4n) is 5.72. The van der Waals surface area contributed by atoms with Crippen LogP contribution >= 0.6 is 0 Å². The molecule has 0 spiro atoms. The number of allylic oxidation sites excluding steroid dienone is 1. The van der Waals surface area contributed by atoms with Gasteiger partial charge in [-0.1, -0.05) is 61.7 Å². The number of nitrogen functional groups attached to an aromatic ring is 1. The number of hydrogen-bond donors (Lipinski definition) is 2. The fourth-order valence-corrected chi connectivity index (χ4v) is 5.72. The summed E-state index contributed by atoms with van der Waals surface area (Å²) in [6, 6.07) is 16.3. The van der Waals surface area contributed by atoms with E-state index in [1.54, 1.807) is 28.3 Å². The number of rotatable bonds is 6. The lowest BCUT2D eigenvalue weighted by Gasteiger charge is -2.20. The van der Waals surface area contributed by atoms with Gasteiger partial charge >= 0.3 is 0 Å². The van der Waals surface area contributed by atoms with E-state index in [0.29, 0.717) is 34.0 Å². The van der Waals surface area contributed by atoms with Crippen molar-refractivity contribution < 1.29 is 4.79 Å². The van der Waals surface area contributed by atoms with Gasteiger partial charge in [-0.3, -0.25) is 14.2 Å². The van der Waals surface area contributed by atoms with Gasteiger partial charge in [0.05, 0.1) is 22.6 Å². The van der Waals surface area contributed by atoms with E-state index < -0.39 is 11.9 Å². The summed E-state index contributed by atoms with van der Waals surface area (Å²) in [6.45, 7) is 3.67. The first-order valence-electron chi connectivity index (χ1n) is 14.1. The number of carbonyl (C=O) groups excluding carboxylic acids is 1. The SMILES string of the molecule is Cc1ccnc2c(C(=O)NC(C)c3nc4cccc(C=CC5CCCCC5)c4c(=O)n3-c3ccccc3)c(N)nn12. The summed E-state index contributed by atoms with van der Waals surface area (Å²) in [7, 11) is 0. The largest absolute Gasteiger partial charge is 0.381 e. The normalized spacial score (nSPS) is 15.1. The van der Waals surface area contributed by atoms with Crippen molar-refractivity contribution in [2.45, 2.75) is 52.0 Å². The Morgan fingerprint density at radius 2 is 1.85 bits per heavy atom. The zero-order valence-corrected chi connectivity index (χ0v) is 23.2. The highest BCUT2D eigenvalue weighted by Gasteiger charge is 2.25. The third kappa shape index (κ3) is 4.99. The molecule has 3 N–H and O–H groups in total. The molecule has 9 nitrogen and oxygen atoms in total. The molecule has 9 heteroatoms. The molecule has 2 aromatic carbocycles. The van der Waals surface area contributed by atoms with Crippen molar-refractivity contribution in [2.75, 3.05) is 5.73 Å². The van der Waals surface area contributed by atoms with Crippen LogP contribution in [0, 0.1) is 12.8 Å². The monoisotopic (exact) mass is 547 g/mol. The zero-order valence-electron chi connectivity index (χ0n) is 23.2. The fraction of sp³-hybridized carbons (Fsp3) is 0.281. The van der Waals surface area contributed by atoms with E-state index in [1.165, 1.54) is 32.1 Å². The molecule has 5 aromatic rings. The number of nitrogens with zero attached hydrogens (tertiary/aromatic N) is 5. The topological polar surface area (TPSA) is 120 Å². The molecule has 3 aromatic heterocycles. The molecule has 0 bridgehead atoms. The molecule has 0 aliphatic heterocycles. The summed E-state index contributed by atoms with van der Waals surface area (Å²) >= 11 is 0. The van der Waals surface area contributed by atoms with Gasteiger partial charge in [0.15, 0.2) is 11.5 Å². The average Bonchev–Trinajstić information content (AvgIpc) is 3.34. The minimum Gasteiger partial charge on any atom is -0.381 e. The molecule has 0 saturated heterocycles. The first-order chi connectivity index (χ1) is 19.9. The van der Waals surface area contributed by atoms with Crippen LogP contribution in [0.3, 0.4) is 0 Å². The molecule has 1 fully saturated rings. The van der Waals surface area contributed by atoms with Gasteiger partial charge in [0.25, 0.3) is 11.5 Å². The molecule has 1 aliphatic carbocycles. The van der Waals surface area contributed by atoms with Crippen LogP contribution in [0.2, 0.25) is 0 Å². The van der Waals surface area contributed by atoms with Gasteiger partial charge in [-0.25, -0.2) is 14.5 Å². The van der Waals surface area contributed by atoms with Crippen molar-refractivity contribution in [1.82, 2.24) is 29.5 Å². The zero-order chi connectivity index (χ0) is 28.5. The maximum Gasteiger partial charge on any atom is 0.266 e. The highest BCUT2D eigenvalue weighted by molar-refractivity contribution is 6.04. The lowest BCUT2D eigenvalue weighted by molar-refractivity contribution is 0.0940. The second-order valence-electron chi connectivity index (χ2n) is 10.7.